The molecule has 0 saturated heterocycles. The number of alkyl halides is 6. The normalized spacial score (nSPS) is 13.6. The second-order valence-corrected chi connectivity index (χ2v) is 5.11. The van der Waals surface area contributed by atoms with Gasteiger partial charge >= 0.3 is 12.4 Å². The minimum atomic E-state index is -5.20. The van der Waals surface area contributed by atoms with Crippen LogP contribution in [0.15, 0.2) is 45.3 Å². The smallest absolute Gasteiger partial charge is 0.454 e. The van der Waals surface area contributed by atoms with Gasteiger partial charge in [0.25, 0.3) is 11.6 Å². The van der Waals surface area contributed by atoms with Crippen LogP contribution >= 0.6 is 0 Å². The van der Waals surface area contributed by atoms with E-state index in [2.05, 4.69) is 0 Å². The Hall–Kier alpha value is -3.44. The van der Waals surface area contributed by atoms with Gasteiger partial charge in [0, 0.05) is 12.2 Å². The molecule has 12 heteroatoms. The Morgan fingerprint density at radius 1 is 0.714 bits per heavy atom. The average Bonchev–Trinajstić information content (AvgIpc) is 3.22. The first-order valence-electron chi connectivity index (χ1n) is 7.03. The maximum Gasteiger partial charge on any atom is 0.454 e. The zero-order valence-electron chi connectivity index (χ0n) is 13.3. The first-order chi connectivity index (χ1) is 12.8. The van der Waals surface area contributed by atoms with Gasteiger partial charge in [-0.15, -0.1) is 0 Å². The maximum absolute atomic E-state index is 12.2. The lowest BCUT2D eigenvalue weighted by Crippen LogP contribution is -2.20. The predicted molar refractivity (Wildman–Crippen MR) is 79.7 cm³/mol. The Labute approximate surface area is 151 Å². The molecule has 2 heterocycles. The van der Waals surface area contributed by atoms with Crippen molar-refractivity contribution in [3.05, 3.63) is 47.9 Å². The molecule has 2 aromatic rings. The molecule has 2 N–H and O–H groups in total. The van der Waals surface area contributed by atoms with E-state index in [1.54, 1.807) is 0 Å². The van der Waals surface area contributed by atoms with Crippen LogP contribution in [0.4, 0.5) is 26.3 Å². The fourth-order valence-electron chi connectivity index (χ4n) is 1.77. The van der Waals surface area contributed by atoms with Crippen LogP contribution in [0.3, 0.4) is 0 Å². The van der Waals surface area contributed by atoms with Crippen molar-refractivity contribution in [2.45, 2.75) is 12.4 Å². The van der Waals surface area contributed by atoms with E-state index in [0.717, 1.165) is 24.3 Å². The molecule has 28 heavy (non-hydrogen) atoms. The number of furan rings is 2. The molecule has 0 atom stereocenters. The van der Waals surface area contributed by atoms with E-state index < -0.39 is 47.0 Å². The summed E-state index contributed by atoms with van der Waals surface area (Å²) in [7, 11) is 0. The summed E-state index contributed by atoms with van der Waals surface area (Å²) in [5, 5.41) is 19.0. The Bertz CT molecular complexity index is 879. The highest BCUT2D eigenvalue weighted by Crippen LogP contribution is 2.29. The number of hydrogen-bond donors (Lipinski definition) is 2. The van der Waals surface area contributed by atoms with E-state index in [1.165, 1.54) is 0 Å². The SMILES string of the molecule is O=C(/C=C(\O)c1ccc(-c2ccc(/C(O)=C/C(=O)C(F)(F)F)o2)o1)C(F)(F)F. The van der Waals surface area contributed by atoms with Gasteiger partial charge in [0.1, 0.15) is 0 Å². The molecule has 0 unspecified atom stereocenters. The van der Waals surface area contributed by atoms with E-state index in [4.69, 9.17) is 8.83 Å². The largest absolute Gasteiger partial charge is 0.504 e. The molecule has 0 saturated carbocycles. The second-order valence-electron chi connectivity index (χ2n) is 5.11. The van der Waals surface area contributed by atoms with Gasteiger partial charge in [-0.3, -0.25) is 9.59 Å². The molecule has 150 valence electrons. The summed E-state index contributed by atoms with van der Waals surface area (Å²) in [6.45, 7) is 0. The molecule has 0 spiro atoms. The van der Waals surface area contributed by atoms with Crippen molar-refractivity contribution in [1.82, 2.24) is 0 Å². The third-order valence-corrected chi connectivity index (χ3v) is 3.05. The second kappa shape index (κ2) is 7.29. The summed E-state index contributed by atoms with van der Waals surface area (Å²) < 4.78 is 83.0. The van der Waals surface area contributed by atoms with E-state index in [-0.39, 0.29) is 23.7 Å². The van der Waals surface area contributed by atoms with Crippen molar-refractivity contribution in [1.29, 1.82) is 0 Å². The van der Waals surface area contributed by atoms with Gasteiger partial charge in [0.15, 0.2) is 34.6 Å². The van der Waals surface area contributed by atoms with Crippen molar-refractivity contribution in [3.8, 4) is 11.5 Å². The number of hydrogen-bond acceptors (Lipinski definition) is 6. The van der Waals surface area contributed by atoms with Crippen molar-refractivity contribution in [3.63, 3.8) is 0 Å². The Morgan fingerprint density at radius 2 is 1.04 bits per heavy atom. The fourth-order valence-corrected chi connectivity index (χ4v) is 1.77. The standard InChI is InChI=1S/C16H8F6O6/c17-15(18,19)13(25)5-7(23)9-1-3-11(27-9)12-4-2-10(28-12)8(24)6-14(26)16(20,21)22/h1-6,23-24H/b7-5-,8-6-. The molecule has 0 aliphatic heterocycles. The molecule has 0 aromatic carbocycles. The first-order valence-corrected chi connectivity index (χ1v) is 7.03. The van der Waals surface area contributed by atoms with Crippen LogP contribution in [-0.4, -0.2) is 34.1 Å². The molecule has 2 rings (SSSR count). The number of aliphatic hydroxyl groups excluding tert-OH is 2. The number of rotatable bonds is 5. The number of ketones is 2. The topological polar surface area (TPSA) is 101 Å². The van der Waals surface area contributed by atoms with Gasteiger partial charge in [0.05, 0.1) is 0 Å². The maximum atomic E-state index is 12.2. The monoisotopic (exact) mass is 410 g/mol. The average molecular weight is 410 g/mol. The summed E-state index contributed by atoms with van der Waals surface area (Å²) in [6, 6.07) is 4.22. The van der Waals surface area contributed by atoms with Crippen LogP contribution < -0.4 is 0 Å². The molecular weight excluding hydrogens is 402 g/mol. The van der Waals surface area contributed by atoms with Gasteiger partial charge in [-0.25, -0.2) is 0 Å². The third kappa shape index (κ3) is 4.84. The number of carbonyl (C=O) groups is 2. The van der Waals surface area contributed by atoms with E-state index >= 15 is 0 Å². The minimum absolute atomic E-state index is 0.104. The van der Waals surface area contributed by atoms with E-state index in [9.17, 15) is 46.1 Å². The van der Waals surface area contributed by atoms with Crippen LogP contribution in [0.2, 0.25) is 0 Å². The summed E-state index contributed by atoms with van der Waals surface area (Å²) in [6.07, 6.45) is -10.6. The van der Waals surface area contributed by atoms with Crippen molar-refractivity contribution >= 4 is 23.1 Å². The summed E-state index contributed by atoms with van der Waals surface area (Å²) in [5.74, 6) is -8.36. The van der Waals surface area contributed by atoms with Crippen molar-refractivity contribution in [2.75, 3.05) is 0 Å². The van der Waals surface area contributed by atoms with E-state index in [0.29, 0.717) is 0 Å². The zero-order chi connectivity index (χ0) is 21.3. The lowest BCUT2D eigenvalue weighted by Gasteiger charge is -2.01. The summed E-state index contributed by atoms with van der Waals surface area (Å²) in [4.78, 5) is 21.6. The van der Waals surface area contributed by atoms with Crippen LogP contribution in [0.25, 0.3) is 23.0 Å². The molecular formula is C16H8F6O6. The number of allylic oxidation sites excluding steroid dienone is 2. The van der Waals surface area contributed by atoms with Crippen LogP contribution in [0.1, 0.15) is 11.5 Å². The Kier molecular flexibility index (Phi) is 5.43. The molecule has 2 aromatic heterocycles. The van der Waals surface area contributed by atoms with Crippen LogP contribution in [0, 0.1) is 0 Å². The Balaban J connectivity index is 2.24. The highest BCUT2D eigenvalue weighted by Gasteiger charge is 2.38. The number of aliphatic hydroxyl groups is 2. The Morgan fingerprint density at radius 3 is 1.32 bits per heavy atom. The van der Waals surface area contributed by atoms with Gasteiger partial charge in [0.2, 0.25) is 0 Å². The zero-order valence-corrected chi connectivity index (χ0v) is 13.3. The molecule has 6 nitrogen and oxygen atoms in total. The summed E-state index contributed by atoms with van der Waals surface area (Å²) >= 11 is 0. The van der Waals surface area contributed by atoms with Gasteiger partial charge in [-0.1, -0.05) is 0 Å². The van der Waals surface area contributed by atoms with Gasteiger partial charge < -0.3 is 19.0 Å². The molecule has 0 radical (unpaired) electrons. The van der Waals surface area contributed by atoms with Crippen LogP contribution in [-0.2, 0) is 9.59 Å². The molecule has 0 bridgehead atoms. The van der Waals surface area contributed by atoms with E-state index in [1.807, 2.05) is 0 Å². The molecule has 0 aliphatic carbocycles. The molecule has 0 fully saturated rings. The molecule has 0 aliphatic rings. The quantitative estimate of drug-likeness (QED) is 0.425. The van der Waals surface area contributed by atoms with Crippen LogP contribution in [0.5, 0.6) is 0 Å². The van der Waals surface area contributed by atoms with Gasteiger partial charge in [-0.2, -0.15) is 26.3 Å². The fraction of sp³-hybridized carbons (Fsp3) is 0.125. The summed E-state index contributed by atoms with van der Waals surface area (Å²) in [5.41, 5.74) is 0. The lowest BCUT2D eigenvalue weighted by atomic mass is 10.2. The third-order valence-electron chi connectivity index (χ3n) is 3.05. The molecule has 0 amide bonds. The minimum Gasteiger partial charge on any atom is -0.504 e. The first kappa shape index (κ1) is 20.9. The predicted octanol–water partition coefficient (Wildman–Crippen LogP) is 4.60. The number of carbonyl (C=O) groups excluding carboxylic acids is 2. The van der Waals surface area contributed by atoms with Crippen molar-refractivity contribution in [2.24, 2.45) is 0 Å². The lowest BCUT2D eigenvalue weighted by molar-refractivity contribution is -0.165. The highest BCUT2D eigenvalue weighted by atomic mass is 19.4. The van der Waals surface area contributed by atoms with Gasteiger partial charge in [-0.05, 0) is 24.3 Å². The van der Waals surface area contributed by atoms with Crippen molar-refractivity contribution < 1.29 is 55.0 Å². The highest BCUT2D eigenvalue weighted by molar-refractivity contribution is 5.99. The number of halogens is 6.